The number of carboxylic acid groups (broad SMARTS) is 1. The number of unbranched alkanes of at least 4 members (excludes halogenated alkanes) is 3. The van der Waals surface area contributed by atoms with E-state index in [2.05, 4.69) is 30.5 Å². The number of benzene rings is 5. The number of aliphatic carboxylic acids is 1. The molecule has 5 aromatic rings. The highest BCUT2D eigenvalue weighted by molar-refractivity contribution is 6.02. The van der Waals surface area contributed by atoms with Crippen molar-refractivity contribution < 1.29 is 124 Å². The van der Waals surface area contributed by atoms with Crippen LogP contribution in [0, 0.1) is 0 Å². The Hall–Kier alpha value is -9.27. The first-order valence-corrected chi connectivity index (χ1v) is 33.8. The van der Waals surface area contributed by atoms with Gasteiger partial charge in [-0.25, -0.2) is 0 Å². The summed E-state index contributed by atoms with van der Waals surface area (Å²) in [6.07, 6.45) is -14.2. The van der Waals surface area contributed by atoms with Crippen molar-refractivity contribution in [3.8, 4) is 0 Å². The van der Waals surface area contributed by atoms with Gasteiger partial charge >= 0.3 is 42.8 Å². The molecule has 0 saturated heterocycles. The van der Waals surface area contributed by atoms with Crippen molar-refractivity contribution in [1.29, 1.82) is 0 Å². The largest absolute Gasteiger partial charge is 0.481 e. The number of hydrogen-bond acceptors (Lipinski definition) is 21. The average Bonchev–Trinajstić information content (AvgIpc) is 0.871. The maximum Gasteiger partial charge on any atom is 0.416 e. The minimum Gasteiger partial charge on any atom is -0.481 e. The van der Waals surface area contributed by atoms with E-state index < -0.39 is 64.7 Å². The summed E-state index contributed by atoms with van der Waals surface area (Å²) in [6.45, 7) is 3.22. The predicted molar refractivity (Wildman–Crippen MR) is 406 cm³/mol. The highest BCUT2D eigenvalue weighted by Gasteiger charge is 2.34. The van der Waals surface area contributed by atoms with Crippen molar-refractivity contribution >= 4 is 46.8 Å². The molecule has 0 heterocycles. The molecule has 0 aromatic heterocycles. The molecule has 0 radical (unpaired) electrons. The monoisotopic (exact) mass is 1640 g/mol. The van der Waals surface area contributed by atoms with Gasteiger partial charge in [-0.1, -0.05) is 116 Å². The SMILES string of the molecule is C.C.C.C.COC(=O)CCC/C(=N\OCCN)c1ccc(C(F)(F)F)cc1.COCCCC/C(=N\OCCN)c1ccc(C(F)(F)F)cc1.NCCO/N=C(\CCCC(=O)O)c1ccc(C(F)(F)F)cc1.NCCO/N=C(\CCCC=O)c1ccc(C(F)(F)F)cc1.NCCO/N=C(\CCCCO)c1ccc(C(F)(F)F)cc1. The molecule has 0 saturated carbocycles. The Balaban J connectivity index is -0.000000652. The van der Waals surface area contributed by atoms with E-state index in [1.54, 1.807) is 7.11 Å². The van der Waals surface area contributed by atoms with Crippen molar-refractivity contribution in [3.05, 3.63) is 177 Å². The third-order valence-corrected chi connectivity index (χ3v) is 14.0. The molecule has 0 aliphatic rings. The van der Waals surface area contributed by atoms with Gasteiger partial charge in [0.1, 0.15) is 39.3 Å². The number of rotatable bonds is 41. The Morgan fingerprint density at radius 1 is 0.345 bits per heavy atom. The second-order valence-electron chi connectivity index (χ2n) is 22.5. The molecule has 12 N–H and O–H groups in total. The number of alkyl halides is 15. The number of aldehydes is 1. The normalized spacial score (nSPS) is 11.9. The number of halogens is 15. The number of nitrogens with zero attached hydrogens (tertiary/aromatic N) is 5. The summed E-state index contributed by atoms with van der Waals surface area (Å²) in [6, 6.07) is 23.4. The fraction of sp³-hybridized carbons (Fsp3) is 0.500. The van der Waals surface area contributed by atoms with Crippen LogP contribution in [0.3, 0.4) is 0 Å². The number of ether oxygens (including phenoxy) is 2. The fourth-order valence-corrected chi connectivity index (χ4v) is 8.56. The summed E-state index contributed by atoms with van der Waals surface area (Å²) in [7, 11) is 2.91. The average molecular weight is 1640 g/mol. The Labute approximate surface area is 650 Å². The van der Waals surface area contributed by atoms with Crippen LogP contribution in [0.25, 0.3) is 0 Å². The molecule has 22 nitrogen and oxygen atoms in total. The molecule has 37 heteroatoms. The van der Waals surface area contributed by atoms with Crippen LogP contribution in [0.2, 0.25) is 0 Å². The van der Waals surface area contributed by atoms with Gasteiger partial charge in [0.05, 0.1) is 63.5 Å². The van der Waals surface area contributed by atoms with Crippen LogP contribution in [-0.4, -0.2) is 150 Å². The number of carboxylic acids is 1. The minimum atomic E-state index is -4.41. The summed E-state index contributed by atoms with van der Waals surface area (Å²) in [5.74, 6) is -1.31. The molecule has 0 atom stereocenters. The van der Waals surface area contributed by atoms with Gasteiger partial charge in [-0.15, -0.1) is 0 Å². The Kier molecular flexibility index (Phi) is 59.7. The van der Waals surface area contributed by atoms with E-state index in [4.69, 9.17) is 67.8 Å². The van der Waals surface area contributed by atoms with Crippen LogP contribution in [-0.2, 0) is 78.9 Å². The van der Waals surface area contributed by atoms with Crippen molar-refractivity contribution in [1.82, 2.24) is 0 Å². The Morgan fingerprint density at radius 3 is 0.779 bits per heavy atom. The van der Waals surface area contributed by atoms with E-state index in [0.29, 0.717) is 140 Å². The van der Waals surface area contributed by atoms with E-state index in [1.807, 2.05) is 0 Å². The molecule has 0 amide bonds. The summed E-state index contributed by atoms with van der Waals surface area (Å²) >= 11 is 0. The maximum absolute atomic E-state index is 12.6. The lowest BCUT2D eigenvalue weighted by atomic mass is 10.0. The molecule has 5 aromatic carbocycles. The van der Waals surface area contributed by atoms with Gasteiger partial charge in [-0.3, -0.25) is 9.59 Å². The smallest absolute Gasteiger partial charge is 0.416 e. The number of nitrogens with two attached hydrogens (primary N) is 5. The molecule has 0 fully saturated rings. The quantitative estimate of drug-likeness (QED) is 0.00477. The van der Waals surface area contributed by atoms with Crippen LogP contribution in [0.4, 0.5) is 65.9 Å². The van der Waals surface area contributed by atoms with E-state index >= 15 is 0 Å². The molecule has 640 valence electrons. The van der Waals surface area contributed by atoms with Gasteiger partial charge in [0.25, 0.3) is 0 Å². The van der Waals surface area contributed by atoms with Crippen molar-refractivity contribution in [2.45, 2.75) is 157 Å². The molecule has 5 rings (SSSR count). The number of aliphatic hydroxyl groups is 1. The third-order valence-electron chi connectivity index (χ3n) is 14.0. The first-order valence-electron chi connectivity index (χ1n) is 33.8. The topological polar surface area (TPSA) is 348 Å². The minimum absolute atomic E-state index is 0. The Bertz CT molecular complexity index is 3470. The third kappa shape index (κ3) is 49.1. The number of carbonyl (C=O) groups excluding carboxylic acids is 2. The molecule has 0 aliphatic carbocycles. The molecule has 0 bridgehead atoms. The summed E-state index contributed by atoms with van der Waals surface area (Å²) in [5.41, 5.74) is 28.0. The number of methoxy groups -OCH3 is 2. The molecule has 113 heavy (non-hydrogen) atoms. The van der Waals surface area contributed by atoms with Gasteiger partial charge < -0.3 is 77.3 Å². The van der Waals surface area contributed by atoms with E-state index in [9.17, 15) is 80.2 Å². The first kappa shape index (κ1) is 110. The predicted octanol–water partition coefficient (Wildman–Crippen LogP) is 16.4. The molecule has 0 unspecified atom stereocenters. The second kappa shape index (κ2) is 61.3. The van der Waals surface area contributed by atoms with E-state index in [1.165, 1.54) is 67.8 Å². The van der Waals surface area contributed by atoms with Crippen LogP contribution in [0.1, 0.15) is 182 Å². The molecule has 0 aliphatic heterocycles. The zero-order valence-electron chi connectivity index (χ0n) is 60.0. The lowest BCUT2D eigenvalue weighted by Crippen LogP contribution is -2.10. The van der Waals surface area contributed by atoms with Crippen LogP contribution < -0.4 is 28.7 Å². The van der Waals surface area contributed by atoms with Gasteiger partial charge in [0, 0.05) is 72.3 Å². The van der Waals surface area contributed by atoms with Crippen LogP contribution in [0.15, 0.2) is 147 Å². The van der Waals surface area contributed by atoms with Crippen LogP contribution in [0.5, 0.6) is 0 Å². The number of hydrogen-bond donors (Lipinski definition) is 7. The number of esters is 1. The fourth-order valence-electron chi connectivity index (χ4n) is 8.56. The Morgan fingerprint density at radius 2 is 0.575 bits per heavy atom. The lowest BCUT2D eigenvalue weighted by molar-refractivity contribution is -0.141. The highest BCUT2D eigenvalue weighted by Crippen LogP contribution is 2.34. The summed E-state index contributed by atoms with van der Waals surface area (Å²) in [5, 5.41) is 36.9. The summed E-state index contributed by atoms with van der Waals surface area (Å²) in [4.78, 5) is 57.0. The van der Waals surface area contributed by atoms with Crippen molar-refractivity contribution in [3.63, 3.8) is 0 Å². The van der Waals surface area contributed by atoms with Gasteiger partial charge in [0.2, 0.25) is 0 Å². The van der Waals surface area contributed by atoms with Crippen molar-refractivity contribution in [2.75, 3.05) is 93.2 Å². The van der Waals surface area contributed by atoms with E-state index in [-0.39, 0.29) is 114 Å². The second-order valence-corrected chi connectivity index (χ2v) is 22.5. The summed E-state index contributed by atoms with van der Waals surface area (Å²) < 4.78 is 198. The molecular formula is C76H109F15N10O12. The zero-order valence-corrected chi connectivity index (χ0v) is 60.0. The molecular weight excluding hydrogens is 1530 g/mol. The maximum atomic E-state index is 12.6. The number of carbonyl (C=O) groups is 3. The number of aliphatic hydroxyl groups excluding tert-OH is 1. The lowest BCUT2D eigenvalue weighted by Gasteiger charge is -2.10. The zero-order chi connectivity index (χ0) is 81.7. The standard InChI is InChI=1S/C15H19F3N2O3.C15H21F3N2O2.C14H17F3N2O3.C14H19F3N2O2.C14H17F3N2O2.4CH4/c1-22-14(21)4-2-3-13(20-23-10-9-19)11-5-7-12(8-6-11)15(16,17)18;1-21-10-3-2-4-14(20-22-11-9-19)12-5-7-13(8-6-12)15(16,17)18;15-14(16,17)11-6-4-10(5-7-11)12(19-22-9-8-18)2-1-3-13(20)21;2*15-14(16,17)12-6-4-11(5-7-12)13(3-1-2-9-20)19-21-10-8-18;;;;/h5-8H,2-4,9-10,19H2,1H3;5-8H,2-4,9-11,19H2,1H3;4-7H,1-3,8-9,18H2,(H,20,21);4-7,20H,1-3,8-10,18H2;4-7,9H,1-3,8,10,18H2;4*1H4/b20-13+;20-14+;19-12+;2*19-13+;;;;. The van der Waals surface area contributed by atoms with E-state index in [0.717, 1.165) is 79.8 Å². The van der Waals surface area contributed by atoms with Gasteiger partial charge in [-0.2, -0.15) is 65.9 Å². The highest BCUT2D eigenvalue weighted by atomic mass is 19.4. The number of oxime groups is 5. The first-order chi connectivity index (χ1) is 51.7. The molecule has 0 spiro atoms. The van der Waals surface area contributed by atoms with Gasteiger partial charge in [0.15, 0.2) is 0 Å². The van der Waals surface area contributed by atoms with Gasteiger partial charge in [-0.05, 0) is 166 Å². The van der Waals surface area contributed by atoms with Crippen LogP contribution >= 0.6 is 0 Å². The van der Waals surface area contributed by atoms with Crippen molar-refractivity contribution in [2.24, 2.45) is 54.4 Å².